The largest absolute Gasteiger partial charge is 0.633 e. The van der Waals surface area contributed by atoms with Crippen molar-refractivity contribution in [1.29, 1.82) is 0 Å². The van der Waals surface area contributed by atoms with Crippen LogP contribution in [0.2, 0.25) is 0 Å². The fourth-order valence-electron chi connectivity index (χ4n) is 3.82. The van der Waals surface area contributed by atoms with Crippen molar-refractivity contribution in [2.45, 2.75) is 57.8 Å². The number of ether oxygens (including phenoxy) is 1. The predicted molar refractivity (Wildman–Crippen MR) is 76.9 cm³/mol. The Balaban J connectivity index is 1.95. The van der Waals surface area contributed by atoms with Crippen molar-refractivity contribution in [1.82, 2.24) is 0 Å². The topological polar surface area (TPSA) is 89.8 Å². The molecule has 2 saturated heterocycles. The molecule has 2 aliphatic rings. The summed E-state index contributed by atoms with van der Waals surface area (Å²) < 4.78 is 5.12. The number of quaternary nitrogens is 1. The van der Waals surface area contributed by atoms with Crippen molar-refractivity contribution in [3.63, 3.8) is 0 Å². The molecule has 0 saturated carbocycles. The van der Waals surface area contributed by atoms with Crippen molar-refractivity contribution in [3.8, 4) is 0 Å². The van der Waals surface area contributed by atoms with Crippen molar-refractivity contribution >= 4 is 5.97 Å². The number of aliphatic hydroxyl groups excluding tert-OH is 1. The zero-order valence-corrected chi connectivity index (χ0v) is 13.1. The number of carbonyl (C=O) groups is 1. The molecule has 0 amide bonds. The zero-order chi connectivity index (χ0) is 15.8. The van der Waals surface area contributed by atoms with Gasteiger partial charge in [-0.25, -0.2) is 4.79 Å². The minimum absolute atomic E-state index is 0.0245. The maximum absolute atomic E-state index is 12.4. The maximum atomic E-state index is 12.4. The van der Waals surface area contributed by atoms with Gasteiger partial charge >= 0.3 is 5.97 Å². The summed E-state index contributed by atoms with van der Waals surface area (Å²) in [4.78, 5) is 12.2. The van der Waals surface area contributed by atoms with Gasteiger partial charge in [-0.15, -0.1) is 0 Å². The molecule has 2 aliphatic heterocycles. The van der Waals surface area contributed by atoms with Crippen LogP contribution in [0.3, 0.4) is 0 Å². The van der Waals surface area contributed by atoms with E-state index in [4.69, 9.17) is 4.74 Å². The van der Waals surface area contributed by atoms with E-state index < -0.39 is 23.6 Å². The average molecular weight is 301 g/mol. The Morgan fingerprint density at radius 2 is 2.05 bits per heavy atom. The van der Waals surface area contributed by atoms with E-state index in [1.54, 1.807) is 13.8 Å². The smallest absolute Gasteiger partial charge is 0.341 e. The summed E-state index contributed by atoms with van der Waals surface area (Å²) in [5.74, 6) is -1.17. The molecule has 2 heterocycles. The lowest BCUT2D eigenvalue weighted by atomic mass is 9.85. The van der Waals surface area contributed by atoms with Crippen molar-refractivity contribution in [3.05, 3.63) is 5.21 Å². The van der Waals surface area contributed by atoms with Gasteiger partial charge in [-0.3, -0.25) is 0 Å². The molecule has 0 aliphatic carbocycles. The molecule has 5 atom stereocenters. The zero-order valence-electron chi connectivity index (χ0n) is 13.1. The predicted octanol–water partition coefficient (Wildman–Crippen LogP) is 0.794. The first kappa shape index (κ1) is 16.7. The molecule has 6 heteroatoms. The third kappa shape index (κ3) is 2.82. The van der Waals surface area contributed by atoms with Gasteiger partial charge in [0, 0.05) is 19.3 Å². The molecule has 0 aromatic heterocycles. The average Bonchev–Trinajstić information content (AvgIpc) is 2.91. The number of rotatable bonds is 5. The van der Waals surface area contributed by atoms with Crippen LogP contribution < -0.4 is 0 Å². The number of nitrogens with zero attached hydrogens (tertiary/aromatic N) is 1. The Kier molecular flexibility index (Phi) is 4.63. The number of carbonyl (C=O) groups excluding carboxylic acids is 1. The number of hydrogen-bond acceptors (Lipinski definition) is 5. The first-order valence-electron chi connectivity index (χ1n) is 7.87. The van der Waals surface area contributed by atoms with Gasteiger partial charge in [-0.05, 0) is 12.8 Å². The summed E-state index contributed by atoms with van der Waals surface area (Å²) in [6.07, 6.45) is 1.38. The van der Waals surface area contributed by atoms with Crippen LogP contribution in [0.15, 0.2) is 0 Å². The van der Waals surface area contributed by atoms with Gasteiger partial charge in [0.25, 0.3) is 0 Å². The van der Waals surface area contributed by atoms with E-state index in [-0.39, 0.29) is 23.2 Å². The van der Waals surface area contributed by atoms with Crippen LogP contribution in [0, 0.1) is 17.0 Å². The molecule has 0 aromatic rings. The molecule has 0 radical (unpaired) electrons. The summed E-state index contributed by atoms with van der Waals surface area (Å²) in [5.41, 5.74) is -1.89. The second kappa shape index (κ2) is 5.83. The van der Waals surface area contributed by atoms with Crippen molar-refractivity contribution < 1.29 is 24.4 Å². The number of fused-ring (bicyclic) bond motifs is 1. The molecule has 4 unspecified atom stereocenters. The molecule has 122 valence electrons. The lowest BCUT2D eigenvalue weighted by molar-refractivity contribution is -0.881. The highest BCUT2D eigenvalue weighted by Gasteiger charge is 2.49. The van der Waals surface area contributed by atoms with E-state index in [0.717, 1.165) is 19.3 Å². The normalized spacial score (nSPS) is 36.3. The highest BCUT2D eigenvalue weighted by Crippen LogP contribution is 2.39. The van der Waals surface area contributed by atoms with Crippen LogP contribution in [0.4, 0.5) is 0 Å². The van der Waals surface area contributed by atoms with E-state index in [1.165, 1.54) is 6.92 Å². The van der Waals surface area contributed by atoms with Crippen LogP contribution in [0.5, 0.6) is 0 Å². The molecule has 0 aromatic carbocycles. The van der Waals surface area contributed by atoms with Gasteiger partial charge in [-0.2, -0.15) is 0 Å². The Morgan fingerprint density at radius 1 is 1.38 bits per heavy atom. The van der Waals surface area contributed by atoms with E-state index in [2.05, 4.69) is 0 Å². The molecule has 2 fully saturated rings. The lowest BCUT2D eigenvalue weighted by Gasteiger charge is -2.40. The van der Waals surface area contributed by atoms with E-state index in [1.807, 2.05) is 0 Å². The Bertz CT molecular complexity index is 390. The number of hydroxylamine groups is 3. The fraction of sp³-hybridized carbons (Fsp3) is 0.933. The number of aliphatic hydroxyl groups is 2. The minimum atomic E-state index is -1.89. The lowest BCUT2D eigenvalue weighted by Crippen LogP contribution is -2.53. The summed E-state index contributed by atoms with van der Waals surface area (Å²) >= 11 is 0. The van der Waals surface area contributed by atoms with Crippen molar-refractivity contribution in [2.24, 2.45) is 11.8 Å². The second-order valence-corrected chi connectivity index (χ2v) is 6.91. The highest BCUT2D eigenvalue weighted by atomic mass is 16.6. The number of esters is 1. The van der Waals surface area contributed by atoms with E-state index in [0.29, 0.717) is 13.1 Å². The van der Waals surface area contributed by atoms with Crippen LogP contribution >= 0.6 is 0 Å². The number of hydrogen-bond donors (Lipinski definition) is 2. The molecule has 0 spiro atoms. The van der Waals surface area contributed by atoms with Gasteiger partial charge in [0.2, 0.25) is 0 Å². The van der Waals surface area contributed by atoms with Crippen molar-refractivity contribution in [2.75, 3.05) is 19.7 Å². The Morgan fingerprint density at radius 3 is 2.62 bits per heavy atom. The van der Waals surface area contributed by atoms with Crippen LogP contribution in [-0.4, -0.2) is 58.3 Å². The Labute approximate surface area is 125 Å². The molecule has 2 rings (SSSR count). The van der Waals surface area contributed by atoms with Crippen LogP contribution in [0.25, 0.3) is 0 Å². The van der Waals surface area contributed by atoms with Gasteiger partial charge in [0.15, 0.2) is 5.60 Å². The monoisotopic (exact) mass is 301 g/mol. The van der Waals surface area contributed by atoms with Gasteiger partial charge in [-0.1, -0.05) is 13.8 Å². The maximum Gasteiger partial charge on any atom is 0.341 e. The van der Waals surface area contributed by atoms with E-state index in [9.17, 15) is 20.2 Å². The first-order chi connectivity index (χ1) is 9.71. The molecule has 2 N–H and O–H groups in total. The fourth-order valence-corrected chi connectivity index (χ4v) is 3.82. The molecule has 0 bridgehead atoms. The second-order valence-electron chi connectivity index (χ2n) is 6.91. The third-order valence-corrected chi connectivity index (χ3v) is 5.34. The standard InChI is InChI=1S/C15H27NO5/c1-10(2)15(19,11(3)17)14(18)21-9-12-6-8-16(20)7-4-5-13(12)16/h10-13,17,19H,4-9H2,1-3H3/t11?,12?,13-,15?,16?/m1/s1. The summed E-state index contributed by atoms with van der Waals surface area (Å²) in [5, 5.41) is 32.5. The Hall–Kier alpha value is -0.690. The SMILES string of the molecule is CC(C)C(O)(C(=O)OCC1CC[N+]2([O-])CCC[C@H]12)C(C)O. The molecular weight excluding hydrogens is 274 g/mol. The summed E-state index contributed by atoms with van der Waals surface area (Å²) in [6.45, 7) is 6.14. The van der Waals surface area contributed by atoms with Crippen LogP contribution in [0.1, 0.15) is 40.0 Å². The third-order valence-electron chi connectivity index (χ3n) is 5.34. The van der Waals surface area contributed by atoms with E-state index >= 15 is 0 Å². The van der Waals surface area contributed by atoms with Gasteiger partial charge < -0.3 is 24.8 Å². The van der Waals surface area contributed by atoms with Crippen LogP contribution in [-0.2, 0) is 9.53 Å². The molecule has 6 nitrogen and oxygen atoms in total. The van der Waals surface area contributed by atoms with Gasteiger partial charge in [0.05, 0.1) is 31.2 Å². The van der Waals surface area contributed by atoms with Gasteiger partial charge in [0.1, 0.15) is 6.61 Å². The quantitative estimate of drug-likeness (QED) is 0.445. The first-order valence-corrected chi connectivity index (χ1v) is 7.87. The molecular formula is C15H27NO5. The molecule has 21 heavy (non-hydrogen) atoms. The minimum Gasteiger partial charge on any atom is -0.633 e. The highest BCUT2D eigenvalue weighted by molar-refractivity contribution is 5.80. The summed E-state index contributed by atoms with van der Waals surface area (Å²) in [7, 11) is 0. The summed E-state index contributed by atoms with van der Waals surface area (Å²) in [6, 6.07) is 0.0245.